The Bertz CT molecular complexity index is 499. The SMILES string of the molecule is COc1cc(C(=O)CBr)cc(S(F)(F)(F)(F)F)c1. The van der Waals surface area contributed by atoms with Crippen LogP contribution in [0.2, 0.25) is 0 Å². The fourth-order valence-corrected chi connectivity index (χ4v) is 2.16. The van der Waals surface area contributed by atoms with Crippen molar-refractivity contribution in [1.29, 1.82) is 0 Å². The van der Waals surface area contributed by atoms with Crippen LogP contribution >= 0.6 is 26.2 Å². The molecule has 18 heavy (non-hydrogen) atoms. The highest BCUT2D eigenvalue weighted by Gasteiger charge is 2.65. The third kappa shape index (κ3) is 3.58. The zero-order valence-corrected chi connectivity index (χ0v) is 11.3. The minimum absolute atomic E-state index is 0.133. The molecule has 0 saturated heterocycles. The van der Waals surface area contributed by atoms with E-state index in [1.807, 2.05) is 0 Å². The van der Waals surface area contributed by atoms with Gasteiger partial charge in [0.15, 0.2) is 5.78 Å². The fourth-order valence-electron chi connectivity index (χ4n) is 1.15. The summed E-state index contributed by atoms with van der Waals surface area (Å²) in [5.41, 5.74) is -0.491. The number of methoxy groups -OCH3 is 1. The molecule has 0 N–H and O–H groups in total. The molecule has 0 aliphatic heterocycles. The lowest BCUT2D eigenvalue weighted by atomic mass is 10.1. The van der Waals surface area contributed by atoms with Crippen molar-refractivity contribution in [2.75, 3.05) is 12.4 Å². The topological polar surface area (TPSA) is 26.3 Å². The van der Waals surface area contributed by atoms with E-state index in [1.165, 1.54) is 0 Å². The largest absolute Gasteiger partial charge is 0.497 e. The summed E-state index contributed by atoms with van der Waals surface area (Å²) in [5, 5.41) is -0.278. The molecule has 1 rings (SSSR count). The van der Waals surface area contributed by atoms with Crippen LogP contribution in [0.4, 0.5) is 19.4 Å². The Morgan fingerprint density at radius 3 is 2.17 bits per heavy atom. The van der Waals surface area contributed by atoms with E-state index >= 15 is 0 Å². The highest BCUT2D eigenvalue weighted by atomic mass is 79.9. The molecule has 1 aromatic carbocycles. The molecule has 0 spiro atoms. The maximum absolute atomic E-state index is 12.6. The number of hydrogen-bond acceptors (Lipinski definition) is 2. The first-order valence-electron chi connectivity index (χ1n) is 4.40. The van der Waals surface area contributed by atoms with Crippen molar-refractivity contribution in [2.45, 2.75) is 4.90 Å². The second-order valence-corrected chi connectivity index (χ2v) is 6.39. The van der Waals surface area contributed by atoms with E-state index in [-0.39, 0.29) is 17.5 Å². The van der Waals surface area contributed by atoms with E-state index in [0.29, 0.717) is 0 Å². The van der Waals surface area contributed by atoms with Crippen molar-refractivity contribution in [3.05, 3.63) is 23.8 Å². The molecule has 0 aromatic heterocycles. The zero-order valence-electron chi connectivity index (χ0n) is 8.93. The van der Waals surface area contributed by atoms with Crippen LogP contribution in [0.5, 0.6) is 5.75 Å². The lowest BCUT2D eigenvalue weighted by Gasteiger charge is -2.40. The Morgan fingerprint density at radius 1 is 1.22 bits per heavy atom. The molecule has 2 nitrogen and oxygen atoms in total. The van der Waals surface area contributed by atoms with Crippen LogP contribution in [-0.4, -0.2) is 18.2 Å². The van der Waals surface area contributed by atoms with Crippen molar-refractivity contribution in [2.24, 2.45) is 0 Å². The lowest BCUT2D eigenvalue weighted by molar-refractivity contribution is 0.102. The Labute approximate surface area is 108 Å². The van der Waals surface area contributed by atoms with Crippen LogP contribution in [0, 0.1) is 0 Å². The van der Waals surface area contributed by atoms with Crippen molar-refractivity contribution in [3.63, 3.8) is 0 Å². The molecule has 0 aliphatic rings. The van der Waals surface area contributed by atoms with Gasteiger partial charge in [-0.15, -0.1) is 0 Å². The van der Waals surface area contributed by atoms with Gasteiger partial charge in [0.1, 0.15) is 10.6 Å². The van der Waals surface area contributed by atoms with Crippen LogP contribution < -0.4 is 4.74 Å². The molecular weight excluding hydrogens is 347 g/mol. The molecule has 0 saturated carbocycles. The van der Waals surface area contributed by atoms with Gasteiger partial charge in [-0.3, -0.25) is 4.79 Å². The van der Waals surface area contributed by atoms with Crippen molar-refractivity contribution < 1.29 is 29.0 Å². The summed E-state index contributed by atoms with van der Waals surface area (Å²) in [6.07, 6.45) is 0. The number of ether oxygens (including phenoxy) is 1. The molecule has 0 heterocycles. The highest BCUT2D eigenvalue weighted by Crippen LogP contribution is 3.02. The summed E-state index contributed by atoms with van der Waals surface area (Å²) in [6, 6.07) is 1.27. The van der Waals surface area contributed by atoms with Crippen molar-refractivity contribution in [3.8, 4) is 5.75 Å². The normalized spacial score (nSPS) is 15.7. The lowest BCUT2D eigenvalue weighted by Crippen LogP contribution is -2.09. The zero-order chi connectivity index (χ0) is 14.3. The predicted octanol–water partition coefficient (Wildman–Crippen LogP) is 4.93. The first-order valence-corrected chi connectivity index (χ1v) is 7.47. The number of rotatable bonds is 4. The molecular formula is C9H8BrF5O2S. The van der Waals surface area contributed by atoms with Crippen LogP contribution in [0.3, 0.4) is 0 Å². The van der Waals surface area contributed by atoms with Crippen LogP contribution in [0.1, 0.15) is 10.4 Å². The fraction of sp³-hybridized carbons (Fsp3) is 0.222. The Hall–Kier alpha value is -0.830. The van der Waals surface area contributed by atoms with Gasteiger partial charge in [0.25, 0.3) is 0 Å². The Balaban J connectivity index is 3.54. The van der Waals surface area contributed by atoms with Gasteiger partial charge in [-0.25, -0.2) is 0 Å². The number of benzene rings is 1. The quantitative estimate of drug-likeness (QED) is 0.435. The number of carbonyl (C=O) groups excluding carboxylic acids is 1. The molecule has 0 amide bonds. The van der Waals surface area contributed by atoms with Crippen LogP contribution in [0.15, 0.2) is 23.1 Å². The monoisotopic (exact) mass is 354 g/mol. The first-order chi connectivity index (χ1) is 7.87. The number of carbonyl (C=O) groups is 1. The van der Waals surface area contributed by atoms with Gasteiger partial charge < -0.3 is 4.74 Å². The maximum Gasteiger partial charge on any atom is 0.310 e. The van der Waals surface area contributed by atoms with Crippen molar-refractivity contribution in [1.82, 2.24) is 0 Å². The standard InChI is InChI=1S/C9H8BrF5O2S/c1-17-7-2-6(9(16)5-10)3-8(4-7)18(11,12,13,14)15/h2-4H,5H2,1H3. The third-order valence-corrected chi connectivity index (χ3v) is 3.64. The maximum atomic E-state index is 12.6. The van der Waals surface area contributed by atoms with Gasteiger partial charge in [0.05, 0.1) is 12.4 Å². The summed E-state index contributed by atoms with van der Waals surface area (Å²) in [4.78, 5) is 9.13. The second-order valence-electron chi connectivity index (χ2n) is 3.42. The Morgan fingerprint density at radius 2 is 1.78 bits per heavy atom. The number of alkyl halides is 1. The smallest absolute Gasteiger partial charge is 0.310 e. The molecule has 0 atom stereocenters. The second kappa shape index (κ2) is 3.83. The predicted molar refractivity (Wildman–Crippen MR) is 62.5 cm³/mol. The van der Waals surface area contributed by atoms with E-state index < -0.39 is 32.2 Å². The van der Waals surface area contributed by atoms with E-state index in [9.17, 15) is 24.2 Å². The Kier molecular flexibility index (Phi) is 3.24. The van der Waals surface area contributed by atoms with Crippen LogP contribution in [0.25, 0.3) is 0 Å². The molecule has 9 heteroatoms. The van der Waals surface area contributed by atoms with Gasteiger partial charge in [-0.1, -0.05) is 35.4 Å². The molecule has 0 unspecified atom stereocenters. The summed E-state index contributed by atoms with van der Waals surface area (Å²) in [7, 11) is -8.81. The molecule has 0 fully saturated rings. The summed E-state index contributed by atoms with van der Waals surface area (Å²) >= 11 is 2.75. The first kappa shape index (κ1) is 15.2. The van der Waals surface area contributed by atoms with Crippen molar-refractivity contribution >= 4 is 31.9 Å². The minimum Gasteiger partial charge on any atom is -0.497 e. The average Bonchev–Trinajstić information content (AvgIpc) is 2.24. The van der Waals surface area contributed by atoms with E-state index in [2.05, 4.69) is 20.7 Å². The molecule has 0 aliphatic carbocycles. The molecule has 1 aromatic rings. The van der Waals surface area contributed by atoms with Gasteiger partial charge in [0, 0.05) is 11.6 Å². The van der Waals surface area contributed by atoms with E-state index in [1.54, 1.807) is 0 Å². The van der Waals surface area contributed by atoms with Gasteiger partial charge in [0.2, 0.25) is 0 Å². The molecule has 0 radical (unpaired) electrons. The van der Waals surface area contributed by atoms with Crippen LogP contribution in [-0.2, 0) is 0 Å². The van der Waals surface area contributed by atoms with Gasteiger partial charge >= 0.3 is 10.2 Å². The average molecular weight is 355 g/mol. The number of halogens is 6. The molecule has 104 valence electrons. The van der Waals surface area contributed by atoms with Gasteiger partial charge in [-0.05, 0) is 12.1 Å². The third-order valence-electron chi connectivity index (χ3n) is 2.00. The minimum atomic E-state index is -9.83. The number of hydrogen-bond donors (Lipinski definition) is 0. The highest BCUT2D eigenvalue weighted by molar-refractivity contribution is 9.09. The summed E-state index contributed by atoms with van der Waals surface area (Å²) in [5.74, 6) is -1.21. The van der Waals surface area contributed by atoms with E-state index in [4.69, 9.17) is 0 Å². The number of ketones is 1. The van der Waals surface area contributed by atoms with Gasteiger partial charge in [-0.2, -0.15) is 0 Å². The molecule has 0 bridgehead atoms. The summed E-state index contributed by atoms with van der Waals surface area (Å²) in [6.45, 7) is 0. The summed E-state index contributed by atoms with van der Waals surface area (Å²) < 4.78 is 67.7. The van der Waals surface area contributed by atoms with E-state index in [0.717, 1.165) is 13.2 Å². The number of Topliss-reactive ketones (excluding diaryl/α,β-unsaturated/α-hetero) is 1.